The van der Waals surface area contributed by atoms with E-state index in [1.165, 1.54) is 11.8 Å². The summed E-state index contributed by atoms with van der Waals surface area (Å²) >= 11 is 1.41. The molecule has 0 saturated carbocycles. The van der Waals surface area contributed by atoms with Gasteiger partial charge >= 0.3 is 5.97 Å². The Morgan fingerprint density at radius 3 is 2.60 bits per heavy atom. The van der Waals surface area contributed by atoms with Crippen molar-refractivity contribution in [3.63, 3.8) is 0 Å². The van der Waals surface area contributed by atoms with Crippen molar-refractivity contribution in [1.82, 2.24) is 0 Å². The maximum absolute atomic E-state index is 10.8. The van der Waals surface area contributed by atoms with Crippen molar-refractivity contribution in [2.75, 3.05) is 12.4 Å². The highest BCUT2D eigenvalue weighted by Crippen LogP contribution is 2.13. The molecule has 3 heteroatoms. The lowest BCUT2D eigenvalue weighted by atomic mass is 10.6. The second kappa shape index (κ2) is 5.35. The Morgan fingerprint density at radius 1 is 1.60 bits per heavy atom. The molecule has 0 amide bonds. The van der Waals surface area contributed by atoms with Crippen molar-refractivity contribution in [3.8, 4) is 0 Å². The summed E-state index contributed by atoms with van der Waals surface area (Å²) in [6.45, 7) is 7.72. The highest BCUT2D eigenvalue weighted by molar-refractivity contribution is 8.03. The van der Waals surface area contributed by atoms with E-state index in [1.54, 1.807) is 6.92 Å². The molecule has 0 fully saturated rings. The van der Waals surface area contributed by atoms with Crippen LogP contribution in [0.4, 0.5) is 0 Å². The van der Waals surface area contributed by atoms with Crippen molar-refractivity contribution < 1.29 is 9.53 Å². The fourth-order valence-corrected chi connectivity index (χ4v) is 0.970. The molecule has 0 rings (SSSR count). The van der Waals surface area contributed by atoms with Gasteiger partial charge in [-0.3, -0.25) is 0 Å². The fraction of sp³-hybridized carbons (Fsp3) is 0.571. The zero-order valence-corrected chi connectivity index (χ0v) is 7.16. The summed E-state index contributed by atoms with van der Waals surface area (Å²) < 4.78 is 4.70. The van der Waals surface area contributed by atoms with Crippen LogP contribution in [0, 0.1) is 0 Å². The lowest BCUT2D eigenvalue weighted by Crippen LogP contribution is -2.04. The highest BCUT2D eigenvalue weighted by Gasteiger charge is 2.05. The van der Waals surface area contributed by atoms with Crippen molar-refractivity contribution in [1.29, 1.82) is 0 Å². The van der Waals surface area contributed by atoms with E-state index in [1.807, 2.05) is 6.92 Å². The molecule has 0 aliphatic rings. The largest absolute Gasteiger partial charge is 0.462 e. The first-order valence-corrected chi connectivity index (χ1v) is 4.19. The number of carbonyl (C=O) groups excluding carboxylic acids is 1. The molecule has 0 aliphatic heterocycles. The van der Waals surface area contributed by atoms with Crippen LogP contribution in [0.5, 0.6) is 0 Å². The fourth-order valence-electron chi connectivity index (χ4n) is 0.445. The molecular formula is C7H12O2S. The number of carbonyl (C=O) groups is 1. The Morgan fingerprint density at radius 2 is 2.20 bits per heavy atom. The van der Waals surface area contributed by atoms with Crippen LogP contribution >= 0.6 is 11.8 Å². The molecule has 10 heavy (non-hydrogen) atoms. The minimum Gasteiger partial charge on any atom is -0.462 e. The number of rotatable bonds is 4. The minimum absolute atomic E-state index is 0.297. The van der Waals surface area contributed by atoms with Crippen LogP contribution in [0.15, 0.2) is 11.5 Å². The van der Waals surface area contributed by atoms with Gasteiger partial charge in [-0.1, -0.05) is 13.5 Å². The van der Waals surface area contributed by atoms with E-state index >= 15 is 0 Å². The van der Waals surface area contributed by atoms with Gasteiger partial charge in [0.2, 0.25) is 0 Å². The van der Waals surface area contributed by atoms with Crippen molar-refractivity contribution >= 4 is 17.7 Å². The number of ether oxygens (including phenoxy) is 1. The van der Waals surface area contributed by atoms with E-state index in [-0.39, 0.29) is 5.97 Å². The smallest absolute Gasteiger partial charge is 0.343 e. The van der Waals surface area contributed by atoms with Crippen LogP contribution in [0.2, 0.25) is 0 Å². The van der Waals surface area contributed by atoms with Crippen LogP contribution in [0.25, 0.3) is 0 Å². The number of thioether (sulfide) groups is 1. The van der Waals surface area contributed by atoms with E-state index in [0.29, 0.717) is 11.5 Å². The van der Waals surface area contributed by atoms with Crippen LogP contribution < -0.4 is 0 Å². The average Bonchev–Trinajstić information content (AvgIpc) is 1.89. The van der Waals surface area contributed by atoms with E-state index in [0.717, 1.165) is 5.75 Å². The summed E-state index contributed by atoms with van der Waals surface area (Å²) in [5, 5.41) is 0. The van der Waals surface area contributed by atoms with Gasteiger partial charge in [0.15, 0.2) is 0 Å². The summed E-state index contributed by atoms with van der Waals surface area (Å²) in [6, 6.07) is 0. The van der Waals surface area contributed by atoms with E-state index in [2.05, 4.69) is 6.58 Å². The van der Waals surface area contributed by atoms with Crippen LogP contribution in [0.1, 0.15) is 13.8 Å². The molecule has 0 atom stereocenters. The number of hydrogen-bond acceptors (Lipinski definition) is 3. The van der Waals surface area contributed by atoms with Crippen molar-refractivity contribution in [3.05, 3.63) is 11.5 Å². The second-order valence-corrected chi connectivity index (χ2v) is 2.94. The van der Waals surface area contributed by atoms with Gasteiger partial charge in [0, 0.05) is 0 Å². The minimum atomic E-state index is -0.297. The zero-order chi connectivity index (χ0) is 7.98. The summed E-state index contributed by atoms with van der Waals surface area (Å²) in [5.74, 6) is 0.562. The molecule has 0 aliphatic carbocycles. The van der Waals surface area contributed by atoms with Gasteiger partial charge in [-0.2, -0.15) is 0 Å². The number of hydrogen-bond donors (Lipinski definition) is 0. The predicted molar refractivity (Wildman–Crippen MR) is 43.9 cm³/mol. The molecule has 0 aromatic carbocycles. The zero-order valence-electron chi connectivity index (χ0n) is 6.35. The predicted octanol–water partition coefficient (Wildman–Crippen LogP) is 1.82. The summed E-state index contributed by atoms with van der Waals surface area (Å²) in [6.07, 6.45) is 0. The van der Waals surface area contributed by atoms with Gasteiger partial charge in [0.1, 0.15) is 0 Å². The third-order valence-electron chi connectivity index (χ3n) is 0.822. The lowest BCUT2D eigenvalue weighted by molar-refractivity contribution is -0.137. The SMILES string of the molecule is C=C(SCC)C(=O)OCC. The second-order valence-electron chi connectivity index (χ2n) is 1.58. The molecule has 0 spiro atoms. The molecule has 0 aromatic heterocycles. The maximum atomic E-state index is 10.8. The van der Waals surface area contributed by atoms with Crippen molar-refractivity contribution in [2.45, 2.75) is 13.8 Å². The molecular weight excluding hydrogens is 148 g/mol. The molecule has 0 N–H and O–H groups in total. The molecule has 0 radical (unpaired) electrons. The molecule has 0 saturated heterocycles. The van der Waals surface area contributed by atoms with Crippen LogP contribution in [-0.4, -0.2) is 18.3 Å². The Bertz CT molecular complexity index is 116. The molecule has 2 nitrogen and oxygen atoms in total. The Labute approximate surface area is 65.6 Å². The summed E-state index contributed by atoms with van der Waals surface area (Å²) in [4.78, 5) is 11.3. The first kappa shape index (κ1) is 9.56. The van der Waals surface area contributed by atoms with E-state index in [4.69, 9.17) is 4.74 Å². The standard InChI is InChI=1S/C7H12O2S/c1-4-9-7(8)6(3)10-5-2/h3-5H2,1-2H3. The maximum Gasteiger partial charge on any atom is 0.343 e. The summed E-state index contributed by atoms with van der Waals surface area (Å²) in [7, 11) is 0. The third kappa shape index (κ3) is 3.56. The monoisotopic (exact) mass is 160 g/mol. The van der Waals surface area contributed by atoms with Crippen LogP contribution in [-0.2, 0) is 9.53 Å². The van der Waals surface area contributed by atoms with Gasteiger partial charge in [-0.05, 0) is 12.7 Å². The molecule has 0 aromatic rings. The third-order valence-corrected chi connectivity index (χ3v) is 1.63. The Balaban J connectivity index is 3.60. The number of esters is 1. The Hall–Kier alpha value is -0.440. The lowest BCUT2D eigenvalue weighted by Gasteiger charge is -2.01. The normalized spacial score (nSPS) is 9.00. The summed E-state index contributed by atoms with van der Waals surface area (Å²) in [5.41, 5.74) is 0. The quantitative estimate of drug-likeness (QED) is 0.463. The molecule has 0 bridgehead atoms. The topological polar surface area (TPSA) is 26.3 Å². The van der Waals surface area contributed by atoms with Gasteiger partial charge in [-0.15, -0.1) is 11.8 Å². The molecule has 58 valence electrons. The first-order chi connectivity index (χ1) is 4.72. The van der Waals surface area contributed by atoms with Gasteiger partial charge in [0.25, 0.3) is 0 Å². The molecule has 0 heterocycles. The van der Waals surface area contributed by atoms with E-state index in [9.17, 15) is 4.79 Å². The van der Waals surface area contributed by atoms with Crippen LogP contribution in [0.3, 0.4) is 0 Å². The molecule has 0 unspecified atom stereocenters. The average molecular weight is 160 g/mol. The van der Waals surface area contributed by atoms with Gasteiger partial charge < -0.3 is 4.74 Å². The van der Waals surface area contributed by atoms with Gasteiger partial charge in [-0.25, -0.2) is 4.79 Å². The van der Waals surface area contributed by atoms with Crippen molar-refractivity contribution in [2.24, 2.45) is 0 Å². The van der Waals surface area contributed by atoms with E-state index < -0.39 is 0 Å². The Kier molecular flexibility index (Phi) is 5.12. The van der Waals surface area contributed by atoms with Gasteiger partial charge in [0.05, 0.1) is 11.5 Å². The first-order valence-electron chi connectivity index (χ1n) is 3.21. The highest BCUT2D eigenvalue weighted by atomic mass is 32.2.